The van der Waals surface area contributed by atoms with Crippen LogP contribution < -0.4 is 0 Å². The highest BCUT2D eigenvalue weighted by atomic mass is 14.4. The van der Waals surface area contributed by atoms with Crippen molar-refractivity contribution in [2.24, 2.45) is 35.5 Å². The topological polar surface area (TPSA) is 23.8 Å². The summed E-state index contributed by atoms with van der Waals surface area (Å²) in [4.78, 5) is 0. The van der Waals surface area contributed by atoms with E-state index in [-0.39, 0.29) is 0 Å². The number of unbranched alkanes of at least 4 members (excludes halogenated alkanes) is 3. The van der Waals surface area contributed by atoms with Crippen LogP contribution in [-0.4, -0.2) is 0 Å². The first-order valence-corrected chi connectivity index (χ1v) is 12.2. The molecule has 0 bridgehead atoms. The van der Waals surface area contributed by atoms with Crippen molar-refractivity contribution >= 4 is 0 Å². The van der Waals surface area contributed by atoms with Crippen molar-refractivity contribution in [2.45, 2.75) is 116 Å². The van der Waals surface area contributed by atoms with Crippen LogP contribution in [0.1, 0.15) is 116 Å². The van der Waals surface area contributed by atoms with Crippen LogP contribution in [0.2, 0.25) is 0 Å². The van der Waals surface area contributed by atoms with E-state index in [0.717, 1.165) is 29.6 Å². The van der Waals surface area contributed by atoms with E-state index in [4.69, 9.17) is 0 Å². The molecule has 148 valence electrons. The molecule has 0 radical (unpaired) electrons. The summed E-state index contributed by atoms with van der Waals surface area (Å²) in [7, 11) is 0. The Morgan fingerprint density at radius 2 is 1.31 bits per heavy atom. The van der Waals surface area contributed by atoms with Crippen molar-refractivity contribution < 1.29 is 0 Å². The zero-order valence-electron chi connectivity index (χ0n) is 17.4. The monoisotopic (exact) mass is 357 g/mol. The lowest BCUT2D eigenvalue weighted by Gasteiger charge is -2.41. The number of hydrogen-bond donors (Lipinski definition) is 0. The van der Waals surface area contributed by atoms with E-state index in [2.05, 4.69) is 13.0 Å². The quantitative estimate of drug-likeness (QED) is 0.425. The molecule has 0 amide bonds. The summed E-state index contributed by atoms with van der Waals surface area (Å²) in [6, 6.07) is 2.56. The van der Waals surface area contributed by atoms with Gasteiger partial charge in [-0.05, 0) is 81.0 Å². The highest BCUT2D eigenvalue weighted by Crippen LogP contribution is 2.46. The van der Waals surface area contributed by atoms with Crippen LogP contribution in [0.4, 0.5) is 0 Å². The third-order valence-electron chi connectivity index (χ3n) is 8.40. The smallest absolute Gasteiger partial charge is 0.0655 e. The summed E-state index contributed by atoms with van der Waals surface area (Å²) >= 11 is 0. The summed E-state index contributed by atoms with van der Waals surface area (Å²) in [5, 5.41) is 9.27. The fourth-order valence-corrected chi connectivity index (χ4v) is 6.67. The molecule has 0 spiro atoms. The molecule has 3 rings (SSSR count). The Morgan fingerprint density at radius 3 is 1.92 bits per heavy atom. The van der Waals surface area contributed by atoms with Crippen LogP contribution in [0.3, 0.4) is 0 Å². The predicted molar refractivity (Wildman–Crippen MR) is 111 cm³/mol. The summed E-state index contributed by atoms with van der Waals surface area (Å²) in [5.41, 5.74) is 0. The molecule has 1 nitrogen and oxygen atoms in total. The highest BCUT2D eigenvalue weighted by molar-refractivity contribution is 4.91. The molecule has 1 heteroatoms. The number of hydrogen-bond acceptors (Lipinski definition) is 1. The van der Waals surface area contributed by atoms with Gasteiger partial charge in [0.1, 0.15) is 0 Å². The lowest BCUT2D eigenvalue weighted by atomic mass is 9.64. The van der Waals surface area contributed by atoms with Gasteiger partial charge in [0.05, 0.1) is 6.07 Å². The van der Waals surface area contributed by atoms with Crippen LogP contribution in [-0.2, 0) is 0 Å². The first kappa shape index (κ1) is 20.2. The molecule has 3 saturated carbocycles. The zero-order valence-corrected chi connectivity index (χ0v) is 17.4. The van der Waals surface area contributed by atoms with Gasteiger partial charge in [-0.1, -0.05) is 64.7 Å². The van der Waals surface area contributed by atoms with Gasteiger partial charge >= 0.3 is 0 Å². The van der Waals surface area contributed by atoms with Crippen molar-refractivity contribution in [3.63, 3.8) is 0 Å². The van der Waals surface area contributed by atoms with E-state index in [9.17, 15) is 5.26 Å². The molecule has 0 saturated heterocycles. The first-order valence-electron chi connectivity index (χ1n) is 12.2. The molecule has 0 heterocycles. The third kappa shape index (κ3) is 5.74. The van der Waals surface area contributed by atoms with E-state index in [0.29, 0.717) is 5.92 Å². The Morgan fingerprint density at radius 1 is 0.692 bits per heavy atom. The van der Waals surface area contributed by atoms with Crippen molar-refractivity contribution in [1.29, 1.82) is 5.26 Å². The van der Waals surface area contributed by atoms with Gasteiger partial charge in [0.15, 0.2) is 0 Å². The van der Waals surface area contributed by atoms with Gasteiger partial charge in [0, 0.05) is 5.92 Å². The average molecular weight is 358 g/mol. The second-order valence-electron chi connectivity index (χ2n) is 10.1. The van der Waals surface area contributed by atoms with Crippen LogP contribution >= 0.6 is 0 Å². The van der Waals surface area contributed by atoms with Gasteiger partial charge in [0.25, 0.3) is 0 Å². The molecule has 0 aromatic heterocycles. The molecule has 0 N–H and O–H groups in total. The molecule has 0 aromatic carbocycles. The average Bonchev–Trinajstić information content (AvgIpc) is 2.72. The lowest BCUT2D eigenvalue weighted by molar-refractivity contribution is 0.105. The second kappa shape index (κ2) is 10.7. The van der Waals surface area contributed by atoms with Crippen molar-refractivity contribution in [3.05, 3.63) is 0 Å². The fraction of sp³-hybridized carbons (Fsp3) is 0.960. The summed E-state index contributed by atoms with van der Waals surface area (Å²) in [5.74, 6) is 5.37. The van der Waals surface area contributed by atoms with E-state index >= 15 is 0 Å². The largest absolute Gasteiger partial charge is 0.198 e. The van der Waals surface area contributed by atoms with E-state index in [1.54, 1.807) is 0 Å². The summed E-state index contributed by atoms with van der Waals surface area (Å²) < 4.78 is 0. The van der Waals surface area contributed by atoms with Gasteiger partial charge in [-0.2, -0.15) is 5.26 Å². The van der Waals surface area contributed by atoms with Gasteiger partial charge < -0.3 is 0 Å². The molecule has 3 aliphatic rings. The third-order valence-corrected chi connectivity index (χ3v) is 8.40. The predicted octanol–water partition coefficient (Wildman–Crippen LogP) is 7.90. The minimum Gasteiger partial charge on any atom is -0.198 e. The molecular formula is C25H43N. The Hall–Kier alpha value is -0.510. The molecular weight excluding hydrogens is 314 g/mol. The Balaban J connectivity index is 1.33. The molecule has 0 aliphatic heterocycles. The van der Waals surface area contributed by atoms with Gasteiger partial charge in [-0.3, -0.25) is 0 Å². The maximum absolute atomic E-state index is 9.27. The minimum absolute atomic E-state index is 0.374. The summed E-state index contributed by atoms with van der Waals surface area (Å²) in [6.07, 6.45) is 24.5. The van der Waals surface area contributed by atoms with E-state index in [1.807, 2.05) is 0 Å². The van der Waals surface area contributed by atoms with Gasteiger partial charge in [0.2, 0.25) is 0 Å². The van der Waals surface area contributed by atoms with Crippen molar-refractivity contribution in [3.8, 4) is 6.07 Å². The van der Waals surface area contributed by atoms with Gasteiger partial charge in [-0.25, -0.2) is 0 Å². The second-order valence-corrected chi connectivity index (χ2v) is 10.1. The SMILES string of the molecule is CCCCCC[C@H]1CC[C@H](C2CCC(C3CCCC(C#N)C3)CC2)CC1. The van der Waals surface area contributed by atoms with Crippen molar-refractivity contribution in [1.82, 2.24) is 0 Å². The molecule has 2 unspecified atom stereocenters. The Labute approximate surface area is 163 Å². The maximum atomic E-state index is 9.27. The normalized spacial score (nSPS) is 38.6. The van der Waals surface area contributed by atoms with E-state index in [1.165, 1.54) is 109 Å². The molecule has 2 atom stereocenters. The molecule has 26 heavy (non-hydrogen) atoms. The first-order chi connectivity index (χ1) is 12.8. The number of nitriles is 1. The van der Waals surface area contributed by atoms with E-state index < -0.39 is 0 Å². The highest BCUT2D eigenvalue weighted by Gasteiger charge is 2.34. The van der Waals surface area contributed by atoms with Crippen LogP contribution in [0.5, 0.6) is 0 Å². The molecule has 3 aliphatic carbocycles. The fourth-order valence-electron chi connectivity index (χ4n) is 6.67. The van der Waals surface area contributed by atoms with Crippen molar-refractivity contribution in [2.75, 3.05) is 0 Å². The van der Waals surface area contributed by atoms with Crippen LogP contribution in [0, 0.1) is 46.8 Å². The lowest BCUT2D eigenvalue weighted by Crippen LogP contribution is -2.30. The number of nitrogens with zero attached hydrogens (tertiary/aromatic N) is 1. The minimum atomic E-state index is 0.374. The Kier molecular flexibility index (Phi) is 8.35. The Bertz CT molecular complexity index is 420. The summed E-state index contributed by atoms with van der Waals surface area (Å²) in [6.45, 7) is 2.32. The molecule has 0 aromatic rings. The standard InChI is InChI=1S/C25H43N/c1-2-3-4-5-7-20-10-12-22(13-11-20)23-14-16-24(17-15-23)25-9-6-8-21(18-25)19-26/h20-25H,2-18H2,1H3/t20-,21?,22-,23?,24?,25?. The number of rotatable bonds is 7. The van der Waals surface area contributed by atoms with Gasteiger partial charge in [-0.15, -0.1) is 0 Å². The molecule has 3 fully saturated rings. The van der Waals surface area contributed by atoms with Crippen LogP contribution in [0.15, 0.2) is 0 Å². The van der Waals surface area contributed by atoms with Crippen LogP contribution in [0.25, 0.3) is 0 Å². The zero-order chi connectivity index (χ0) is 18.2. The maximum Gasteiger partial charge on any atom is 0.0655 e.